The normalized spacial score (nSPS) is 11.4. The molecule has 0 fully saturated rings. The van der Waals surface area contributed by atoms with Crippen molar-refractivity contribution in [1.29, 1.82) is 0 Å². The summed E-state index contributed by atoms with van der Waals surface area (Å²) >= 11 is 0. The molecule has 0 radical (unpaired) electrons. The molecule has 0 rings (SSSR count). The molecule has 90 valence electrons. The van der Waals surface area contributed by atoms with Gasteiger partial charge in [-0.3, -0.25) is 0 Å². The summed E-state index contributed by atoms with van der Waals surface area (Å²) < 4.78 is 5.07. The molecule has 0 spiro atoms. The average molecular weight is 212 g/mol. The monoisotopic (exact) mass is 212 g/mol. The summed E-state index contributed by atoms with van der Waals surface area (Å²) in [6, 6.07) is 0. The van der Waals surface area contributed by atoms with Crippen LogP contribution < -0.4 is 0 Å². The minimum absolute atomic E-state index is 0.512. The molecule has 0 aliphatic heterocycles. The number of hydrogen-bond acceptors (Lipinski definition) is 1. The zero-order valence-electron chi connectivity index (χ0n) is 10.8. The molecule has 0 saturated carbocycles. The lowest BCUT2D eigenvalue weighted by Gasteiger charge is -2.17. The largest absolute Gasteiger partial charge is 0.502 e. The second-order valence-electron chi connectivity index (χ2n) is 5.47. The molecular formula is C14H28O. The van der Waals surface area contributed by atoms with Crippen molar-refractivity contribution >= 4 is 0 Å². The third-order valence-electron chi connectivity index (χ3n) is 2.56. The Balaban J connectivity index is 3.02. The van der Waals surface area contributed by atoms with Crippen LogP contribution in [0.15, 0.2) is 12.8 Å². The Morgan fingerprint density at radius 3 is 2.00 bits per heavy atom. The van der Waals surface area contributed by atoms with E-state index in [4.69, 9.17) is 4.74 Å². The third-order valence-corrected chi connectivity index (χ3v) is 2.56. The van der Waals surface area contributed by atoms with Crippen LogP contribution in [0.1, 0.15) is 65.7 Å². The summed E-state index contributed by atoms with van der Waals surface area (Å²) in [6.07, 6.45) is 10.9. The summed E-state index contributed by atoms with van der Waals surface area (Å²) in [6.45, 7) is 11.3. The molecule has 0 aliphatic carbocycles. The second kappa shape index (κ2) is 8.82. The van der Waals surface area contributed by atoms with Gasteiger partial charge in [0.2, 0.25) is 0 Å². The minimum atomic E-state index is 0.512. The van der Waals surface area contributed by atoms with Gasteiger partial charge in [0, 0.05) is 0 Å². The average Bonchev–Trinajstić information content (AvgIpc) is 2.14. The summed E-state index contributed by atoms with van der Waals surface area (Å²) in [5, 5.41) is 0. The van der Waals surface area contributed by atoms with E-state index in [1.165, 1.54) is 51.2 Å². The minimum Gasteiger partial charge on any atom is -0.502 e. The Bertz CT molecular complexity index is 144. The van der Waals surface area contributed by atoms with Crippen LogP contribution in [-0.2, 0) is 4.74 Å². The molecule has 1 heteroatoms. The molecule has 0 N–H and O–H groups in total. The second-order valence-corrected chi connectivity index (χ2v) is 5.47. The number of ether oxygens (including phenoxy) is 1. The van der Waals surface area contributed by atoms with Crippen molar-refractivity contribution in [1.82, 2.24) is 0 Å². The molecule has 1 nitrogen and oxygen atoms in total. The standard InChI is InChI=1S/C14H28O/c1-5-15-13-11-9-7-6-8-10-12-14(2,3)4/h5H,1,6-13H2,2-4H3. The summed E-state index contributed by atoms with van der Waals surface area (Å²) in [4.78, 5) is 0. The molecule has 0 aromatic carbocycles. The maximum atomic E-state index is 5.07. The van der Waals surface area contributed by atoms with E-state index >= 15 is 0 Å². The highest BCUT2D eigenvalue weighted by molar-refractivity contribution is 4.61. The number of unbranched alkanes of at least 4 members (excludes halogenated alkanes) is 5. The molecule has 0 unspecified atom stereocenters. The van der Waals surface area contributed by atoms with Gasteiger partial charge in [0.25, 0.3) is 0 Å². The van der Waals surface area contributed by atoms with E-state index in [0.29, 0.717) is 5.41 Å². The molecule has 0 aromatic rings. The first kappa shape index (κ1) is 14.5. The first-order valence-corrected chi connectivity index (χ1v) is 6.29. The highest BCUT2D eigenvalue weighted by atomic mass is 16.5. The van der Waals surface area contributed by atoms with E-state index in [-0.39, 0.29) is 0 Å². The summed E-state index contributed by atoms with van der Waals surface area (Å²) in [7, 11) is 0. The van der Waals surface area contributed by atoms with Gasteiger partial charge in [0.15, 0.2) is 0 Å². The number of rotatable bonds is 9. The van der Waals surface area contributed by atoms with Crippen LogP contribution in [0.5, 0.6) is 0 Å². The maximum Gasteiger partial charge on any atom is 0.0873 e. The lowest BCUT2D eigenvalue weighted by Crippen LogP contribution is -2.03. The third kappa shape index (κ3) is 13.5. The lowest BCUT2D eigenvalue weighted by molar-refractivity contribution is 0.241. The smallest absolute Gasteiger partial charge is 0.0873 e. The van der Waals surface area contributed by atoms with Crippen LogP contribution in [0, 0.1) is 5.41 Å². The Hall–Kier alpha value is -0.460. The van der Waals surface area contributed by atoms with E-state index < -0.39 is 0 Å². The highest BCUT2D eigenvalue weighted by Crippen LogP contribution is 2.22. The van der Waals surface area contributed by atoms with Gasteiger partial charge >= 0.3 is 0 Å². The molecule has 0 amide bonds. The van der Waals surface area contributed by atoms with E-state index in [1.807, 2.05) is 0 Å². The van der Waals surface area contributed by atoms with Crippen molar-refractivity contribution in [2.75, 3.05) is 6.61 Å². The quantitative estimate of drug-likeness (QED) is 0.389. The topological polar surface area (TPSA) is 9.23 Å². The van der Waals surface area contributed by atoms with Crippen LogP contribution in [0.25, 0.3) is 0 Å². The van der Waals surface area contributed by atoms with E-state index in [1.54, 1.807) is 0 Å². The van der Waals surface area contributed by atoms with E-state index in [0.717, 1.165) is 6.61 Å². The van der Waals surface area contributed by atoms with Gasteiger partial charge in [-0.05, 0) is 18.3 Å². The Morgan fingerprint density at radius 2 is 1.47 bits per heavy atom. The van der Waals surface area contributed by atoms with Gasteiger partial charge in [-0.15, -0.1) is 0 Å². The molecule has 0 saturated heterocycles. The maximum absolute atomic E-state index is 5.07. The van der Waals surface area contributed by atoms with Crippen LogP contribution in [-0.4, -0.2) is 6.61 Å². The van der Waals surface area contributed by atoms with Crippen LogP contribution in [0.4, 0.5) is 0 Å². The summed E-state index contributed by atoms with van der Waals surface area (Å²) in [5.41, 5.74) is 0.512. The van der Waals surface area contributed by atoms with Crippen LogP contribution in [0.2, 0.25) is 0 Å². The molecule has 0 aromatic heterocycles. The fraction of sp³-hybridized carbons (Fsp3) is 0.857. The number of hydrogen-bond donors (Lipinski definition) is 0. The van der Waals surface area contributed by atoms with Gasteiger partial charge in [0.05, 0.1) is 12.9 Å². The fourth-order valence-corrected chi connectivity index (χ4v) is 1.63. The molecule has 15 heavy (non-hydrogen) atoms. The van der Waals surface area contributed by atoms with Gasteiger partial charge in [0.1, 0.15) is 0 Å². The van der Waals surface area contributed by atoms with Gasteiger partial charge < -0.3 is 4.74 Å². The zero-order valence-corrected chi connectivity index (χ0v) is 10.8. The Kier molecular flexibility index (Phi) is 8.55. The van der Waals surface area contributed by atoms with Crippen molar-refractivity contribution < 1.29 is 4.74 Å². The molecule has 0 heterocycles. The molecule has 0 aliphatic rings. The van der Waals surface area contributed by atoms with Crippen molar-refractivity contribution in [3.8, 4) is 0 Å². The Morgan fingerprint density at radius 1 is 0.933 bits per heavy atom. The SMILES string of the molecule is C=COCCCCCCCCC(C)(C)C. The fourth-order valence-electron chi connectivity index (χ4n) is 1.63. The zero-order chi connectivity index (χ0) is 11.6. The van der Waals surface area contributed by atoms with Gasteiger partial charge in [-0.2, -0.15) is 0 Å². The van der Waals surface area contributed by atoms with Crippen molar-refractivity contribution in [2.45, 2.75) is 65.7 Å². The summed E-state index contributed by atoms with van der Waals surface area (Å²) in [5.74, 6) is 0. The van der Waals surface area contributed by atoms with E-state index in [9.17, 15) is 0 Å². The molecule has 0 atom stereocenters. The molecule has 0 bridgehead atoms. The lowest BCUT2D eigenvalue weighted by atomic mass is 9.89. The van der Waals surface area contributed by atoms with Crippen LogP contribution >= 0.6 is 0 Å². The highest BCUT2D eigenvalue weighted by Gasteiger charge is 2.08. The van der Waals surface area contributed by atoms with Crippen LogP contribution in [0.3, 0.4) is 0 Å². The van der Waals surface area contributed by atoms with Crippen molar-refractivity contribution in [2.24, 2.45) is 5.41 Å². The van der Waals surface area contributed by atoms with Gasteiger partial charge in [-0.25, -0.2) is 0 Å². The Labute approximate surface area is 95.9 Å². The van der Waals surface area contributed by atoms with Crippen molar-refractivity contribution in [3.05, 3.63) is 12.8 Å². The molecular weight excluding hydrogens is 184 g/mol. The van der Waals surface area contributed by atoms with Crippen molar-refractivity contribution in [3.63, 3.8) is 0 Å². The van der Waals surface area contributed by atoms with E-state index in [2.05, 4.69) is 27.4 Å². The first-order chi connectivity index (χ1) is 7.06. The van der Waals surface area contributed by atoms with Gasteiger partial charge in [-0.1, -0.05) is 59.5 Å². The first-order valence-electron chi connectivity index (χ1n) is 6.29. The predicted octanol–water partition coefficient (Wildman–Crippen LogP) is 4.92. The predicted molar refractivity (Wildman–Crippen MR) is 67.9 cm³/mol.